The summed E-state index contributed by atoms with van der Waals surface area (Å²) in [6.07, 6.45) is 0.554. The number of ether oxygens (including phenoxy) is 2. The largest absolute Gasteiger partial charge is 0.513 e. The molecule has 7 nitrogen and oxygen atoms in total. The fourth-order valence-electron chi connectivity index (χ4n) is 3.22. The van der Waals surface area contributed by atoms with Gasteiger partial charge < -0.3 is 19.7 Å². The third-order valence-corrected chi connectivity index (χ3v) is 5.00. The van der Waals surface area contributed by atoms with E-state index in [0.717, 1.165) is 0 Å². The average molecular weight is 431 g/mol. The highest BCUT2D eigenvalue weighted by molar-refractivity contribution is 6.30. The van der Waals surface area contributed by atoms with Gasteiger partial charge in [0.1, 0.15) is 5.75 Å². The van der Waals surface area contributed by atoms with E-state index in [4.69, 9.17) is 21.1 Å². The van der Waals surface area contributed by atoms with E-state index in [1.165, 1.54) is 12.1 Å². The van der Waals surface area contributed by atoms with E-state index in [9.17, 15) is 14.4 Å². The Balaban J connectivity index is 1.49. The van der Waals surface area contributed by atoms with E-state index >= 15 is 0 Å². The van der Waals surface area contributed by atoms with Crippen LogP contribution in [0.4, 0.5) is 4.79 Å². The Kier molecular flexibility index (Phi) is 7.30. The quantitative estimate of drug-likeness (QED) is 0.574. The van der Waals surface area contributed by atoms with Crippen LogP contribution < -0.4 is 10.1 Å². The molecule has 2 aromatic carbocycles. The van der Waals surface area contributed by atoms with Crippen LogP contribution in [0.1, 0.15) is 40.5 Å². The van der Waals surface area contributed by atoms with Gasteiger partial charge in [0, 0.05) is 35.3 Å². The minimum atomic E-state index is -0.784. The number of amides is 2. The van der Waals surface area contributed by atoms with Gasteiger partial charge in [-0.15, -0.1) is 0 Å². The molecule has 0 unspecified atom stereocenters. The summed E-state index contributed by atoms with van der Waals surface area (Å²) in [6, 6.07) is 13.1. The number of likely N-dealkylation sites (tertiary alicyclic amines) is 1. The van der Waals surface area contributed by atoms with Crippen molar-refractivity contribution in [3.05, 3.63) is 64.7 Å². The van der Waals surface area contributed by atoms with Crippen LogP contribution in [0.2, 0.25) is 5.02 Å². The Labute approximate surface area is 179 Å². The minimum Gasteiger partial charge on any atom is -0.434 e. The van der Waals surface area contributed by atoms with Crippen molar-refractivity contribution < 1.29 is 23.9 Å². The molecular weight excluding hydrogens is 408 g/mol. The van der Waals surface area contributed by atoms with E-state index in [0.29, 0.717) is 47.8 Å². The smallest absolute Gasteiger partial charge is 0.434 e. The number of nitrogens with one attached hydrogen (secondary N) is 1. The molecule has 1 aliphatic rings. The monoisotopic (exact) mass is 430 g/mol. The number of piperidine rings is 1. The predicted octanol–water partition coefficient (Wildman–Crippen LogP) is 3.91. The molecule has 0 aromatic heterocycles. The SMILES string of the molecule is CCOC(=O)Oc1ccc(C(=O)NC2CCN(C(=O)c3cccc(Cl)c3)CC2)cc1. The molecular formula is C22H23ClN2O5. The van der Waals surface area contributed by atoms with Gasteiger partial charge in [-0.25, -0.2) is 4.79 Å². The number of carbonyl (C=O) groups excluding carboxylic acids is 3. The summed E-state index contributed by atoms with van der Waals surface area (Å²) in [5.41, 5.74) is 1.03. The molecule has 8 heteroatoms. The van der Waals surface area contributed by atoms with E-state index in [-0.39, 0.29) is 24.5 Å². The van der Waals surface area contributed by atoms with E-state index in [2.05, 4.69) is 5.32 Å². The van der Waals surface area contributed by atoms with Crippen LogP contribution in [0, 0.1) is 0 Å². The lowest BCUT2D eigenvalue weighted by atomic mass is 10.0. The molecule has 2 aromatic rings. The number of rotatable bonds is 5. The lowest BCUT2D eigenvalue weighted by Crippen LogP contribution is -2.46. The predicted molar refractivity (Wildman–Crippen MR) is 112 cm³/mol. The first-order valence-corrected chi connectivity index (χ1v) is 10.1. The summed E-state index contributed by atoms with van der Waals surface area (Å²) in [7, 11) is 0. The second-order valence-corrected chi connectivity index (χ2v) is 7.30. The van der Waals surface area contributed by atoms with E-state index in [1.54, 1.807) is 48.2 Å². The number of benzene rings is 2. The molecule has 30 heavy (non-hydrogen) atoms. The highest BCUT2D eigenvalue weighted by atomic mass is 35.5. The third kappa shape index (κ3) is 5.73. The zero-order valence-electron chi connectivity index (χ0n) is 16.6. The van der Waals surface area contributed by atoms with Gasteiger partial charge in [0.2, 0.25) is 0 Å². The van der Waals surface area contributed by atoms with Gasteiger partial charge in [0.25, 0.3) is 11.8 Å². The molecule has 0 atom stereocenters. The molecule has 0 bridgehead atoms. The first-order chi connectivity index (χ1) is 14.5. The van der Waals surface area contributed by atoms with E-state index < -0.39 is 6.16 Å². The van der Waals surface area contributed by atoms with Crippen molar-refractivity contribution in [1.82, 2.24) is 10.2 Å². The van der Waals surface area contributed by atoms with Crippen molar-refractivity contribution >= 4 is 29.6 Å². The highest BCUT2D eigenvalue weighted by Gasteiger charge is 2.25. The fourth-order valence-corrected chi connectivity index (χ4v) is 3.41. The van der Waals surface area contributed by atoms with Crippen molar-refractivity contribution in [3.8, 4) is 5.75 Å². The van der Waals surface area contributed by atoms with Crippen molar-refractivity contribution in [2.45, 2.75) is 25.8 Å². The van der Waals surface area contributed by atoms with Gasteiger partial charge in [-0.05, 0) is 62.2 Å². The van der Waals surface area contributed by atoms with Crippen molar-refractivity contribution in [2.75, 3.05) is 19.7 Å². The van der Waals surface area contributed by atoms with Gasteiger partial charge in [0.05, 0.1) is 6.61 Å². The molecule has 1 heterocycles. The van der Waals surface area contributed by atoms with Crippen LogP contribution >= 0.6 is 11.6 Å². The Hall–Kier alpha value is -3.06. The van der Waals surface area contributed by atoms with Crippen LogP contribution in [0.3, 0.4) is 0 Å². The van der Waals surface area contributed by atoms with Crippen molar-refractivity contribution in [1.29, 1.82) is 0 Å². The first-order valence-electron chi connectivity index (χ1n) is 9.76. The third-order valence-electron chi connectivity index (χ3n) is 4.77. The number of hydrogen-bond acceptors (Lipinski definition) is 5. The van der Waals surface area contributed by atoms with Gasteiger partial charge in [0.15, 0.2) is 0 Å². The second kappa shape index (κ2) is 10.1. The Morgan fingerprint density at radius 3 is 2.40 bits per heavy atom. The summed E-state index contributed by atoms with van der Waals surface area (Å²) in [5.74, 6) is 0.0367. The van der Waals surface area contributed by atoms with Crippen LogP contribution in [-0.2, 0) is 4.74 Å². The van der Waals surface area contributed by atoms with Crippen LogP contribution in [0.15, 0.2) is 48.5 Å². The lowest BCUT2D eigenvalue weighted by Gasteiger charge is -2.32. The van der Waals surface area contributed by atoms with Gasteiger partial charge in [-0.2, -0.15) is 0 Å². The summed E-state index contributed by atoms with van der Waals surface area (Å²) in [4.78, 5) is 38.2. The summed E-state index contributed by atoms with van der Waals surface area (Å²) in [5, 5.41) is 3.52. The lowest BCUT2D eigenvalue weighted by molar-refractivity contribution is 0.0698. The normalized spacial score (nSPS) is 14.1. The molecule has 0 saturated carbocycles. The maximum atomic E-state index is 12.6. The first kappa shape index (κ1) is 21.6. The highest BCUT2D eigenvalue weighted by Crippen LogP contribution is 2.18. The van der Waals surface area contributed by atoms with E-state index in [1.807, 2.05) is 0 Å². The van der Waals surface area contributed by atoms with Crippen molar-refractivity contribution in [3.63, 3.8) is 0 Å². The number of hydrogen-bond donors (Lipinski definition) is 1. The minimum absolute atomic E-state index is 0.0173. The summed E-state index contributed by atoms with van der Waals surface area (Å²) in [6.45, 7) is 3.03. The molecule has 1 aliphatic heterocycles. The molecule has 0 radical (unpaired) electrons. The molecule has 1 fully saturated rings. The summed E-state index contributed by atoms with van der Waals surface area (Å²) >= 11 is 5.97. The van der Waals surface area contributed by atoms with Gasteiger partial charge in [-0.1, -0.05) is 17.7 Å². The molecule has 0 aliphatic carbocycles. The van der Waals surface area contributed by atoms with Crippen LogP contribution in [-0.4, -0.2) is 48.6 Å². The van der Waals surface area contributed by atoms with Gasteiger partial charge in [-0.3, -0.25) is 9.59 Å². The summed E-state index contributed by atoms with van der Waals surface area (Å²) < 4.78 is 9.69. The Bertz CT molecular complexity index is 908. The topological polar surface area (TPSA) is 84.9 Å². The maximum absolute atomic E-state index is 12.6. The average Bonchev–Trinajstić information content (AvgIpc) is 2.74. The van der Waals surface area contributed by atoms with Crippen molar-refractivity contribution in [2.24, 2.45) is 0 Å². The molecule has 0 spiro atoms. The fraction of sp³-hybridized carbons (Fsp3) is 0.318. The molecule has 1 saturated heterocycles. The Morgan fingerprint density at radius 2 is 1.77 bits per heavy atom. The molecule has 158 valence electrons. The van der Waals surface area contributed by atoms with Crippen LogP contribution in [0.25, 0.3) is 0 Å². The van der Waals surface area contributed by atoms with Crippen LogP contribution in [0.5, 0.6) is 5.75 Å². The number of carbonyl (C=O) groups is 3. The standard InChI is InChI=1S/C22H23ClN2O5/c1-2-29-22(28)30-19-8-6-15(7-9-19)20(26)24-18-10-12-25(13-11-18)21(27)16-4-3-5-17(23)14-16/h3-9,14,18H,2,10-13H2,1H3,(H,24,26). The zero-order valence-corrected chi connectivity index (χ0v) is 17.4. The molecule has 1 N–H and O–H groups in total. The maximum Gasteiger partial charge on any atom is 0.513 e. The zero-order chi connectivity index (χ0) is 21.5. The Morgan fingerprint density at radius 1 is 1.07 bits per heavy atom. The number of halogens is 1. The molecule has 2 amide bonds. The van der Waals surface area contributed by atoms with Gasteiger partial charge >= 0.3 is 6.16 Å². The second-order valence-electron chi connectivity index (χ2n) is 6.86. The number of nitrogens with zero attached hydrogens (tertiary/aromatic N) is 1. The molecule has 3 rings (SSSR count).